The standard InChI is InChI=1S/C27H33FN2O2/c1-3-5-6-7-17-31-25-15-11-22(12-16-25)27-29-18-23(19-30-27)21-9-13-26(14-10-21)32-20-24(28)8-4-2/h9-16,18-19,24H,3-8,17,20H2,1-2H3. The number of unbranched alkanes of at least 4 members (excludes halogenated alkanes) is 3. The smallest absolute Gasteiger partial charge is 0.159 e. The number of halogens is 1. The molecule has 1 heterocycles. The summed E-state index contributed by atoms with van der Waals surface area (Å²) < 4.78 is 24.9. The summed E-state index contributed by atoms with van der Waals surface area (Å²) in [5, 5.41) is 0. The van der Waals surface area contributed by atoms with Crippen LogP contribution in [-0.2, 0) is 0 Å². The average molecular weight is 437 g/mol. The molecule has 0 N–H and O–H groups in total. The van der Waals surface area contributed by atoms with Gasteiger partial charge >= 0.3 is 0 Å². The molecule has 0 amide bonds. The number of rotatable bonds is 13. The zero-order chi connectivity index (χ0) is 22.6. The van der Waals surface area contributed by atoms with Crippen LogP contribution in [0.2, 0.25) is 0 Å². The van der Waals surface area contributed by atoms with Gasteiger partial charge in [-0.05, 0) is 54.8 Å². The number of nitrogens with zero attached hydrogens (tertiary/aromatic N) is 2. The van der Waals surface area contributed by atoms with Gasteiger partial charge in [0.2, 0.25) is 0 Å². The second-order valence-electron chi connectivity index (χ2n) is 7.95. The van der Waals surface area contributed by atoms with Crippen molar-refractivity contribution >= 4 is 0 Å². The summed E-state index contributed by atoms with van der Waals surface area (Å²) in [6, 6.07) is 15.5. The van der Waals surface area contributed by atoms with E-state index in [4.69, 9.17) is 9.47 Å². The minimum absolute atomic E-state index is 0.0910. The molecule has 0 aliphatic heterocycles. The molecular formula is C27H33FN2O2. The molecule has 32 heavy (non-hydrogen) atoms. The molecule has 1 aromatic heterocycles. The highest BCUT2D eigenvalue weighted by molar-refractivity contribution is 5.64. The van der Waals surface area contributed by atoms with Crippen LogP contribution in [0.1, 0.15) is 52.4 Å². The molecule has 0 radical (unpaired) electrons. The predicted octanol–water partition coefficient (Wildman–Crippen LogP) is 7.29. The molecule has 0 saturated carbocycles. The van der Waals surface area contributed by atoms with E-state index < -0.39 is 6.17 Å². The Hall–Kier alpha value is -2.95. The Labute approximate surface area is 190 Å². The number of ether oxygens (including phenoxy) is 2. The monoisotopic (exact) mass is 436 g/mol. The molecule has 3 rings (SSSR count). The van der Waals surface area contributed by atoms with Gasteiger partial charge in [0.05, 0.1) is 6.61 Å². The Bertz CT molecular complexity index is 912. The van der Waals surface area contributed by atoms with Crippen LogP contribution in [-0.4, -0.2) is 29.4 Å². The highest BCUT2D eigenvalue weighted by atomic mass is 19.1. The van der Waals surface area contributed by atoms with Gasteiger partial charge in [0.25, 0.3) is 0 Å². The topological polar surface area (TPSA) is 44.2 Å². The van der Waals surface area contributed by atoms with Crippen LogP contribution in [0.5, 0.6) is 11.5 Å². The molecule has 2 aromatic carbocycles. The van der Waals surface area contributed by atoms with Crippen LogP contribution in [0, 0.1) is 0 Å². The van der Waals surface area contributed by atoms with Crippen molar-refractivity contribution in [1.82, 2.24) is 9.97 Å². The minimum Gasteiger partial charge on any atom is -0.494 e. The minimum atomic E-state index is -0.924. The van der Waals surface area contributed by atoms with E-state index in [0.717, 1.165) is 41.9 Å². The van der Waals surface area contributed by atoms with Crippen LogP contribution in [0.3, 0.4) is 0 Å². The van der Waals surface area contributed by atoms with Gasteiger partial charge in [0.1, 0.15) is 24.3 Å². The van der Waals surface area contributed by atoms with Gasteiger partial charge in [-0.25, -0.2) is 14.4 Å². The van der Waals surface area contributed by atoms with Crippen molar-refractivity contribution in [3.8, 4) is 34.0 Å². The maximum absolute atomic E-state index is 13.6. The fourth-order valence-corrected chi connectivity index (χ4v) is 3.37. The van der Waals surface area contributed by atoms with E-state index in [1.54, 1.807) is 0 Å². The van der Waals surface area contributed by atoms with Gasteiger partial charge < -0.3 is 9.47 Å². The van der Waals surface area contributed by atoms with E-state index in [1.165, 1.54) is 19.3 Å². The molecule has 3 aromatic rings. The number of alkyl halides is 1. The molecule has 1 unspecified atom stereocenters. The normalized spacial score (nSPS) is 11.8. The molecule has 0 bridgehead atoms. The largest absolute Gasteiger partial charge is 0.494 e. The summed E-state index contributed by atoms with van der Waals surface area (Å²) in [6.07, 6.45) is 8.83. The van der Waals surface area contributed by atoms with Crippen LogP contribution < -0.4 is 9.47 Å². The van der Waals surface area contributed by atoms with Crippen LogP contribution >= 0.6 is 0 Å². The second kappa shape index (κ2) is 12.8. The highest BCUT2D eigenvalue weighted by Gasteiger charge is 2.07. The van der Waals surface area contributed by atoms with E-state index in [0.29, 0.717) is 18.0 Å². The lowest BCUT2D eigenvalue weighted by Crippen LogP contribution is -2.12. The first kappa shape index (κ1) is 23.7. The van der Waals surface area contributed by atoms with Gasteiger partial charge in [0, 0.05) is 23.5 Å². The first-order chi connectivity index (χ1) is 15.7. The molecule has 0 fully saturated rings. The van der Waals surface area contributed by atoms with Crippen LogP contribution in [0.15, 0.2) is 60.9 Å². The van der Waals surface area contributed by atoms with E-state index in [1.807, 2.05) is 67.8 Å². The van der Waals surface area contributed by atoms with Crippen molar-refractivity contribution in [2.45, 2.75) is 58.5 Å². The third-order valence-electron chi connectivity index (χ3n) is 5.25. The summed E-state index contributed by atoms with van der Waals surface area (Å²) in [5.41, 5.74) is 2.86. The summed E-state index contributed by atoms with van der Waals surface area (Å²) >= 11 is 0. The molecule has 0 aliphatic carbocycles. The third kappa shape index (κ3) is 7.33. The van der Waals surface area contributed by atoms with Gasteiger partial charge in [-0.3, -0.25) is 0 Å². The number of hydrogen-bond acceptors (Lipinski definition) is 4. The average Bonchev–Trinajstić information content (AvgIpc) is 2.84. The van der Waals surface area contributed by atoms with Crippen molar-refractivity contribution in [1.29, 1.82) is 0 Å². The Morgan fingerprint density at radius 3 is 1.97 bits per heavy atom. The number of hydrogen-bond donors (Lipinski definition) is 0. The van der Waals surface area contributed by atoms with Crippen molar-refractivity contribution in [2.75, 3.05) is 13.2 Å². The lowest BCUT2D eigenvalue weighted by Gasteiger charge is -2.10. The maximum Gasteiger partial charge on any atom is 0.159 e. The Morgan fingerprint density at radius 1 is 0.719 bits per heavy atom. The van der Waals surface area contributed by atoms with Crippen LogP contribution in [0.4, 0.5) is 4.39 Å². The zero-order valence-corrected chi connectivity index (χ0v) is 19.1. The predicted molar refractivity (Wildman–Crippen MR) is 128 cm³/mol. The van der Waals surface area contributed by atoms with E-state index in [-0.39, 0.29) is 6.61 Å². The SMILES string of the molecule is CCCCCCOc1ccc(-c2ncc(-c3ccc(OCC(F)CCC)cc3)cn2)cc1. The molecular weight excluding hydrogens is 403 g/mol. The summed E-state index contributed by atoms with van der Waals surface area (Å²) in [7, 11) is 0. The Balaban J connectivity index is 1.54. The Kier molecular flexibility index (Phi) is 9.48. The van der Waals surface area contributed by atoms with Crippen molar-refractivity contribution in [2.24, 2.45) is 0 Å². The van der Waals surface area contributed by atoms with Gasteiger partial charge in [-0.15, -0.1) is 0 Å². The van der Waals surface area contributed by atoms with Crippen molar-refractivity contribution < 1.29 is 13.9 Å². The molecule has 5 heteroatoms. The third-order valence-corrected chi connectivity index (χ3v) is 5.25. The molecule has 0 spiro atoms. The van der Waals surface area contributed by atoms with E-state index in [9.17, 15) is 4.39 Å². The van der Waals surface area contributed by atoms with Gasteiger partial charge in [0.15, 0.2) is 5.82 Å². The molecule has 170 valence electrons. The fraction of sp³-hybridized carbons (Fsp3) is 0.407. The highest BCUT2D eigenvalue weighted by Crippen LogP contribution is 2.24. The second-order valence-corrected chi connectivity index (χ2v) is 7.95. The quantitative estimate of drug-likeness (QED) is 0.264. The van der Waals surface area contributed by atoms with Crippen molar-refractivity contribution in [3.05, 3.63) is 60.9 Å². The van der Waals surface area contributed by atoms with Gasteiger partial charge in [-0.1, -0.05) is 51.7 Å². The maximum atomic E-state index is 13.6. The zero-order valence-electron chi connectivity index (χ0n) is 19.1. The summed E-state index contributed by atoms with van der Waals surface area (Å²) in [5.74, 6) is 2.21. The summed E-state index contributed by atoms with van der Waals surface area (Å²) in [4.78, 5) is 9.04. The van der Waals surface area contributed by atoms with Crippen LogP contribution in [0.25, 0.3) is 22.5 Å². The first-order valence-electron chi connectivity index (χ1n) is 11.6. The lowest BCUT2D eigenvalue weighted by atomic mass is 10.1. The number of aromatic nitrogens is 2. The van der Waals surface area contributed by atoms with Crippen molar-refractivity contribution in [3.63, 3.8) is 0 Å². The van der Waals surface area contributed by atoms with E-state index >= 15 is 0 Å². The molecule has 0 aliphatic rings. The van der Waals surface area contributed by atoms with Gasteiger partial charge in [-0.2, -0.15) is 0 Å². The fourth-order valence-electron chi connectivity index (χ4n) is 3.37. The molecule has 1 atom stereocenters. The van der Waals surface area contributed by atoms with E-state index in [2.05, 4.69) is 16.9 Å². The number of benzene rings is 2. The molecule has 0 saturated heterocycles. The first-order valence-corrected chi connectivity index (χ1v) is 11.6. The molecule has 4 nitrogen and oxygen atoms in total. The Morgan fingerprint density at radius 2 is 1.34 bits per heavy atom. The lowest BCUT2D eigenvalue weighted by molar-refractivity contribution is 0.186. The summed E-state index contributed by atoms with van der Waals surface area (Å²) in [6.45, 7) is 5.02.